The van der Waals surface area contributed by atoms with Crippen molar-refractivity contribution in [1.82, 2.24) is 14.3 Å². The van der Waals surface area contributed by atoms with Crippen LogP contribution in [0.5, 0.6) is 0 Å². The summed E-state index contributed by atoms with van der Waals surface area (Å²) in [7, 11) is -1.89. The number of anilines is 1. The number of benzene rings is 3. The number of aromatic nitrogens is 2. The van der Waals surface area contributed by atoms with Crippen molar-refractivity contribution in [3.8, 4) is 0 Å². The van der Waals surface area contributed by atoms with Crippen LogP contribution < -0.4 is 9.62 Å². The summed E-state index contributed by atoms with van der Waals surface area (Å²) in [5.74, 6) is 0.162. The van der Waals surface area contributed by atoms with Gasteiger partial charge in [0.25, 0.3) is 0 Å². The zero-order chi connectivity index (χ0) is 30.9. The smallest absolute Gasteiger partial charge is 0.241 e. The van der Waals surface area contributed by atoms with Gasteiger partial charge >= 0.3 is 0 Å². The van der Waals surface area contributed by atoms with Crippen LogP contribution >= 0.6 is 0 Å². The number of aryl methyl sites for hydroxylation is 2. The molecule has 0 unspecified atom stereocenters. The molecule has 0 radical (unpaired) electrons. The van der Waals surface area contributed by atoms with Gasteiger partial charge in [-0.25, -0.2) is 22.5 Å². The first-order chi connectivity index (χ1) is 20.3. The van der Waals surface area contributed by atoms with Crippen LogP contribution in [0.3, 0.4) is 0 Å². The fourth-order valence-electron chi connectivity index (χ4n) is 5.87. The summed E-state index contributed by atoms with van der Waals surface area (Å²) in [6.45, 7) is 8.40. The molecule has 1 amide bonds. The van der Waals surface area contributed by atoms with E-state index in [1.807, 2.05) is 55.9 Å². The highest BCUT2D eigenvalue weighted by molar-refractivity contribution is 7.89. The van der Waals surface area contributed by atoms with Gasteiger partial charge in [-0.05, 0) is 89.8 Å². The van der Waals surface area contributed by atoms with E-state index in [0.29, 0.717) is 12.1 Å². The molecule has 5 rings (SSSR count). The average molecular weight is 603 g/mol. The van der Waals surface area contributed by atoms with Crippen molar-refractivity contribution in [3.63, 3.8) is 0 Å². The number of carbonyl (C=O) groups excluding carboxylic acids is 1. The summed E-state index contributed by atoms with van der Waals surface area (Å²) in [6.07, 6.45) is 5.19. The van der Waals surface area contributed by atoms with Gasteiger partial charge < -0.3 is 9.47 Å². The zero-order valence-corrected chi connectivity index (χ0v) is 26.2. The number of rotatable bonds is 9. The number of hydrogen-bond donors (Lipinski definition) is 1. The highest BCUT2D eigenvalue weighted by Gasteiger charge is 2.36. The molecule has 3 aromatic carbocycles. The molecule has 7 nitrogen and oxygen atoms in total. The molecule has 1 aliphatic carbocycles. The quantitative estimate of drug-likeness (QED) is 0.232. The molecule has 4 aromatic rings. The first-order valence-electron chi connectivity index (χ1n) is 14.6. The lowest BCUT2D eigenvalue weighted by Gasteiger charge is -2.38. The van der Waals surface area contributed by atoms with Gasteiger partial charge in [0, 0.05) is 37.6 Å². The molecule has 1 aromatic heterocycles. The Morgan fingerprint density at radius 3 is 2.56 bits per heavy atom. The fraction of sp³-hybridized carbons (Fsp3) is 0.353. The van der Waals surface area contributed by atoms with Crippen LogP contribution in [0.1, 0.15) is 80.1 Å². The molecule has 1 heterocycles. The lowest BCUT2D eigenvalue weighted by molar-refractivity contribution is -0.119. The van der Waals surface area contributed by atoms with E-state index >= 15 is 0 Å². The Hall–Kier alpha value is -3.82. The third kappa shape index (κ3) is 6.73. The second kappa shape index (κ2) is 12.1. The van der Waals surface area contributed by atoms with Gasteiger partial charge in [0.05, 0.1) is 11.4 Å². The van der Waals surface area contributed by atoms with Gasteiger partial charge in [0.2, 0.25) is 15.9 Å². The number of nitrogens with one attached hydrogen (secondary N) is 1. The lowest BCUT2D eigenvalue weighted by Crippen LogP contribution is -2.37. The number of imidazole rings is 1. The van der Waals surface area contributed by atoms with Crippen molar-refractivity contribution >= 4 is 21.6 Å². The first-order valence-corrected chi connectivity index (χ1v) is 16.1. The van der Waals surface area contributed by atoms with Crippen molar-refractivity contribution in [3.05, 3.63) is 113 Å². The highest BCUT2D eigenvalue weighted by atomic mass is 32.2. The second-order valence-electron chi connectivity index (χ2n) is 12.3. The third-order valence-corrected chi connectivity index (χ3v) is 10.0. The Morgan fingerprint density at radius 1 is 1.14 bits per heavy atom. The van der Waals surface area contributed by atoms with E-state index in [0.717, 1.165) is 34.5 Å². The zero-order valence-electron chi connectivity index (χ0n) is 25.3. The Balaban J connectivity index is 1.51. The van der Waals surface area contributed by atoms with Gasteiger partial charge in [0.15, 0.2) is 0 Å². The van der Waals surface area contributed by atoms with Crippen molar-refractivity contribution < 1.29 is 17.6 Å². The minimum atomic E-state index is -3.78. The predicted octanol–water partition coefficient (Wildman–Crippen LogP) is 6.69. The molecule has 0 saturated carbocycles. The standard InChI is InChI=1S/C34H39FN4O3S/c1-23-7-6-8-28(19-23)43(41,42)37-31-15-16-34(3,4)30-14-13-27(21-29(30)31)39(22-32-36-17-18-38(32)5)33(40)20-24(2)25-9-11-26(35)12-10-25/h6-14,17-19,21,24,31,37H,15-16,20,22H2,1-5H3/t24-,31-/m1/s1. The number of sulfonamides is 1. The average Bonchev–Trinajstić information content (AvgIpc) is 3.37. The Bertz CT molecular complexity index is 1730. The molecular formula is C34H39FN4O3S. The maximum atomic E-state index is 14.0. The Morgan fingerprint density at radius 2 is 1.88 bits per heavy atom. The number of halogens is 1. The van der Waals surface area contributed by atoms with Crippen LogP contribution in [-0.2, 0) is 33.8 Å². The fourth-order valence-corrected chi connectivity index (χ4v) is 7.23. The van der Waals surface area contributed by atoms with Gasteiger partial charge in [-0.2, -0.15) is 0 Å². The molecule has 0 aliphatic heterocycles. The van der Waals surface area contributed by atoms with Crippen LogP contribution in [0.15, 0.2) is 84.0 Å². The lowest BCUT2D eigenvalue weighted by atomic mass is 9.71. The molecule has 1 N–H and O–H groups in total. The van der Waals surface area contributed by atoms with Crippen molar-refractivity contribution in [1.29, 1.82) is 0 Å². The minimum Gasteiger partial charge on any atom is -0.337 e. The van der Waals surface area contributed by atoms with Crippen LogP contribution in [-0.4, -0.2) is 23.9 Å². The van der Waals surface area contributed by atoms with E-state index in [2.05, 4.69) is 23.6 Å². The number of amides is 1. The maximum Gasteiger partial charge on any atom is 0.241 e. The summed E-state index contributed by atoms with van der Waals surface area (Å²) >= 11 is 0. The Labute approximate surface area is 253 Å². The summed E-state index contributed by atoms with van der Waals surface area (Å²) < 4.78 is 45.3. The summed E-state index contributed by atoms with van der Waals surface area (Å²) in [6, 6.07) is 18.6. The van der Waals surface area contributed by atoms with Crippen LogP contribution in [0.4, 0.5) is 10.1 Å². The van der Waals surface area contributed by atoms with Crippen molar-refractivity contribution in [2.24, 2.45) is 7.05 Å². The van der Waals surface area contributed by atoms with E-state index in [1.165, 1.54) is 12.1 Å². The number of fused-ring (bicyclic) bond motifs is 1. The molecule has 226 valence electrons. The molecule has 0 bridgehead atoms. The summed E-state index contributed by atoms with van der Waals surface area (Å²) in [5, 5.41) is 0. The van der Waals surface area contributed by atoms with E-state index in [9.17, 15) is 17.6 Å². The normalized spacial score (nSPS) is 16.8. The van der Waals surface area contributed by atoms with Crippen molar-refractivity contribution in [2.75, 3.05) is 4.90 Å². The Kier molecular flexibility index (Phi) is 8.58. The summed E-state index contributed by atoms with van der Waals surface area (Å²) in [4.78, 5) is 20.4. The number of carbonyl (C=O) groups is 1. The van der Waals surface area contributed by atoms with Gasteiger partial charge in [-0.1, -0.05) is 51.1 Å². The van der Waals surface area contributed by atoms with Gasteiger partial charge in [-0.15, -0.1) is 0 Å². The third-order valence-electron chi connectivity index (χ3n) is 8.55. The number of hydrogen-bond acceptors (Lipinski definition) is 4. The minimum absolute atomic E-state index is 0.105. The van der Waals surface area contributed by atoms with E-state index in [4.69, 9.17) is 0 Å². The predicted molar refractivity (Wildman–Crippen MR) is 167 cm³/mol. The molecule has 2 atom stereocenters. The monoisotopic (exact) mass is 602 g/mol. The van der Waals surface area contributed by atoms with Crippen molar-refractivity contribution in [2.45, 2.75) is 75.8 Å². The number of nitrogens with zero attached hydrogens (tertiary/aromatic N) is 3. The largest absolute Gasteiger partial charge is 0.337 e. The van der Waals surface area contributed by atoms with Gasteiger partial charge in [-0.3, -0.25) is 4.79 Å². The second-order valence-corrected chi connectivity index (χ2v) is 14.0. The topological polar surface area (TPSA) is 84.3 Å². The van der Waals surface area contributed by atoms with Crippen LogP contribution in [0.25, 0.3) is 0 Å². The molecular weight excluding hydrogens is 563 g/mol. The maximum absolute atomic E-state index is 14.0. The highest BCUT2D eigenvalue weighted by Crippen LogP contribution is 2.43. The molecule has 43 heavy (non-hydrogen) atoms. The van der Waals surface area contributed by atoms with Crippen LogP contribution in [0, 0.1) is 12.7 Å². The molecule has 1 aliphatic rings. The first kappa shape index (κ1) is 30.6. The van der Waals surface area contributed by atoms with Gasteiger partial charge in [0.1, 0.15) is 11.6 Å². The van der Waals surface area contributed by atoms with E-state index in [-0.39, 0.29) is 40.9 Å². The van der Waals surface area contributed by atoms with Crippen LogP contribution in [0.2, 0.25) is 0 Å². The molecule has 0 fully saturated rings. The molecule has 0 spiro atoms. The molecule has 9 heteroatoms. The van der Waals surface area contributed by atoms with E-state index in [1.54, 1.807) is 41.4 Å². The van der Waals surface area contributed by atoms with E-state index < -0.39 is 16.1 Å². The summed E-state index contributed by atoms with van der Waals surface area (Å²) in [5.41, 5.74) is 4.19. The SMILES string of the molecule is Cc1cccc(S(=O)(=O)N[C@@H]2CCC(C)(C)c3ccc(N(Cc4nccn4C)C(=O)C[C@@H](C)c4ccc(F)cc4)cc32)c1. The molecule has 0 saturated heterocycles.